The van der Waals surface area contributed by atoms with E-state index in [1.807, 2.05) is 0 Å². The lowest BCUT2D eigenvalue weighted by atomic mass is 10.1. The molecular formula is C15H16N2O2. The van der Waals surface area contributed by atoms with E-state index in [1.165, 1.54) is 4.90 Å². The zero-order chi connectivity index (χ0) is 13.1. The highest BCUT2D eigenvalue weighted by Gasteiger charge is 2.51. The molecule has 0 spiro atoms. The van der Waals surface area contributed by atoms with Crippen molar-refractivity contribution < 1.29 is 9.59 Å². The summed E-state index contributed by atoms with van der Waals surface area (Å²) in [6.45, 7) is 0. The van der Waals surface area contributed by atoms with Gasteiger partial charge >= 0.3 is 0 Å². The molecule has 0 saturated heterocycles. The van der Waals surface area contributed by atoms with Crippen LogP contribution in [0, 0.1) is 11.8 Å². The largest absolute Gasteiger partial charge is 0.398 e. The van der Waals surface area contributed by atoms with E-state index in [-0.39, 0.29) is 17.9 Å². The van der Waals surface area contributed by atoms with E-state index in [1.54, 1.807) is 18.2 Å². The van der Waals surface area contributed by atoms with E-state index < -0.39 is 0 Å². The minimum Gasteiger partial charge on any atom is -0.398 e. The molecule has 19 heavy (non-hydrogen) atoms. The fourth-order valence-corrected chi connectivity index (χ4v) is 3.28. The summed E-state index contributed by atoms with van der Waals surface area (Å²) < 4.78 is 0. The molecule has 0 aromatic heterocycles. The Morgan fingerprint density at radius 3 is 2.21 bits per heavy atom. The molecule has 0 atom stereocenters. The summed E-state index contributed by atoms with van der Waals surface area (Å²) in [5.74, 6) is 0.727. The number of nitrogen functional groups attached to an aromatic ring is 1. The standard InChI is InChI=1S/C15H16N2O2/c16-11-3-1-2-10-12(11)15(19)17(14(10)18)13(8-4-5-8)9-6-7-9/h1-3,8-9,13H,4-7,16H2. The van der Waals surface area contributed by atoms with Crippen LogP contribution in [0.25, 0.3) is 0 Å². The van der Waals surface area contributed by atoms with Gasteiger partial charge in [0.25, 0.3) is 11.8 Å². The van der Waals surface area contributed by atoms with Crippen LogP contribution in [0.5, 0.6) is 0 Å². The molecule has 1 aromatic carbocycles. The van der Waals surface area contributed by atoms with Crippen LogP contribution in [-0.4, -0.2) is 22.8 Å². The van der Waals surface area contributed by atoms with E-state index in [0.717, 1.165) is 25.7 Å². The van der Waals surface area contributed by atoms with Gasteiger partial charge in [0.2, 0.25) is 0 Å². The zero-order valence-corrected chi connectivity index (χ0v) is 10.6. The van der Waals surface area contributed by atoms with Crippen molar-refractivity contribution in [1.29, 1.82) is 0 Å². The first kappa shape index (κ1) is 11.0. The van der Waals surface area contributed by atoms with Gasteiger partial charge in [-0.05, 0) is 49.7 Å². The van der Waals surface area contributed by atoms with Gasteiger partial charge in [-0.2, -0.15) is 0 Å². The fraction of sp³-hybridized carbons (Fsp3) is 0.467. The quantitative estimate of drug-likeness (QED) is 0.665. The average molecular weight is 256 g/mol. The molecule has 1 aliphatic heterocycles. The number of nitrogens with two attached hydrogens (primary N) is 1. The van der Waals surface area contributed by atoms with Crippen molar-refractivity contribution in [3.63, 3.8) is 0 Å². The smallest absolute Gasteiger partial charge is 0.263 e. The second-order valence-electron chi connectivity index (χ2n) is 5.92. The van der Waals surface area contributed by atoms with Gasteiger partial charge in [-0.15, -0.1) is 0 Å². The third-order valence-electron chi connectivity index (χ3n) is 4.49. The molecule has 2 amide bonds. The van der Waals surface area contributed by atoms with Crippen molar-refractivity contribution in [2.45, 2.75) is 31.7 Å². The normalized spacial score (nSPS) is 22.3. The van der Waals surface area contributed by atoms with Crippen LogP contribution in [0.4, 0.5) is 5.69 Å². The Labute approximate surface area is 111 Å². The third kappa shape index (κ3) is 1.52. The van der Waals surface area contributed by atoms with E-state index >= 15 is 0 Å². The molecule has 2 fully saturated rings. The van der Waals surface area contributed by atoms with Crippen LogP contribution in [0.2, 0.25) is 0 Å². The number of amides is 2. The topological polar surface area (TPSA) is 63.4 Å². The summed E-state index contributed by atoms with van der Waals surface area (Å²) >= 11 is 0. The Bertz CT molecular complexity index is 576. The minimum atomic E-state index is -0.179. The van der Waals surface area contributed by atoms with Crippen LogP contribution in [0.3, 0.4) is 0 Å². The molecule has 2 N–H and O–H groups in total. The van der Waals surface area contributed by atoms with Gasteiger partial charge in [-0.3, -0.25) is 14.5 Å². The van der Waals surface area contributed by atoms with Gasteiger partial charge < -0.3 is 5.73 Å². The second kappa shape index (κ2) is 3.59. The molecule has 1 heterocycles. The highest BCUT2D eigenvalue weighted by molar-refractivity contribution is 6.23. The fourth-order valence-electron chi connectivity index (χ4n) is 3.28. The summed E-state index contributed by atoms with van der Waals surface area (Å²) in [6.07, 6.45) is 4.57. The first-order valence-electron chi connectivity index (χ1n) is 6.95. The number of imide groups is 1. The second-order valence-corrected chi connectivity index (χ2v) is 5.92. The van der Waals surface area contributed by atoms with E-state index in [4.69, 9.17) is 5.73 Å². The van der Waals surface area contributed by atoms with Crippen molar-refractivity contribution in [1.82, 2.24) is 4.90 Å². The molecule has 4 rings (SSSR count). The molecule has 3 aliphatic rings. The summed E-state index contributed by atoms with van der Waals surface area (Å²) in [5.41, 5.74) is 7.19. The number of carbonyl (C=O) groups excluding carboxylic acids is 2. The van der Waals surface area contributed by atoms with E-state index in [0.29, 0.717) is 28.7 Å². The number of anilines is 1. The monoisotopic (exact) mass is 256 g/mol. The first-order chi connectivity index (χ1) is 9.18. The minimum absolute atomic E-state index is 0.117. The summed E-state index contributed by atoms with van der Waals surface area (Å²) in [6, 6.07) is 5.26. The lowest BCUT2D eigenvalue weighted by molar-refractivity contribution is 0.0542. The number of benzene rings is 1. The molecular weight excluding hydrogens is 240 g/mol. The lowest BCUT2D eigenvalue weighted by Gasteiger charge is -2.26. The molecule has 2 saturated carbocycles. The van der Waals surface area contributed by atoms with E-state index in [9.17, 15) is 9.59 Å². The highest BCUT2D eigenvalue weighted by Crippen LogP contribution is 2.49. The molecule has 4 heteroatoms. The maximum Gasteiger partial charge on any atom is 0.263 e. The number of fused-ring (bicyclic) bond motifs is 1. The maximum atomic E-state index is 12.6. The van der Waals surface area contributed by atoms with Gasteiger partial charge in [0.05, 0.1) is 11.1 Å². The predicted octanol–water partition coefficient (Wildman–Crippen LogP) is 2.05. The van der Waals surface area contributed by atoms with Gasteiger partial charge in [0.15, 0.2) is 0 Å². The summed E-state index contributed by atoms with van der Waals surface area (Å²) in [7, 11) is 0. The summed E-state index contributed by atoms with van der Waals surface area (Å²) in [5, 5.41) is 0. The number of hydrogen-bond donors (Lipinski definition) is 1. The third-order valence-corrected chi connectivity index (χ3v) is 4.49. The predicted molar refractivity (Wildman–Crippen MR) is 70.6 cm³/mol. The Kier molecular flexibility index (Phi) is 2.08. The molecule has 0 unspecified atom stereocenters. The average Bonchev–Trinajstić information content (AvgIpc) is 3.26. The molecule has 0 radical (unpaired) electrons. The first-order valence-corrected chi connectivity index (χ1v) is 6.95. The van der Waals surface area contributed by atoms with Crippen LogP contribution >= 0.6 is 0 Å². The molecule has 1 aromatic rings. The Morgan fingerprint density at radius 2 is 1.68 bits per heavy atom. The van der Waals surface area contributed by atoms with Crippen molar-refractivity contribution in [2.75, 3.05) is 5.73 Å². The van der Waals surface area contributed by atoms with Crippen LogP contribution in [-0.2, 0) is 0 Å². The van der Waals surface area contributed by atoms with Crippen molar-refractivity contribution in [3.8, 4) is 0 Å². The zero-order valence-electron chi connectivity index (χ0n) is 10.6. The van der Waals surface area contributed by atoms with Crippen molar-refractivity contribution in [3.05, 3.63) is 29.3 Å². The van der Waals surface area contributed by atoms with Gasteiger partial charge in [-0.25, -0.2) is 0 Å². The Balaban J connectivity index is 1.77. The van der Waals surface area contributed by atoms with Crippen molar-refractivity contribution >= 4 is 17.5 Å². The summed E-state index contributed by atoms with van der Waals surface area (Å²) in [4.78, 5) is 26.6. The molecule has 98 valence electrons. The SMILES string of the molecule is Nc1cccc2c1C(=O)N(C(C1CC1)C1CC1)C2=O. The highest BCUT2D eigenvalue weighted by atomic mass is 16.2. The van der Waals surface area contributed by atoms with Gasteiger partial charge in [-0.1, -0.05) is 6.07 Å². The number of rotatable bonds is 3. The molecule has 0 bridgehead atoms. The Hall–Kier alpha value is -1.84. The lowest BCUT2D eigenvalue weighted by Crippen LogP contribution is -2.42. The Morgan fingerprint density at radius 1 is 1.05 bits per heavy atom. The van der Waals surface area contributed by atoms with Crippen molar-refractivity contribution in [2.24, 2.45) is 11.8 Å². The number of carbonyl (C=O) groups is 2. The maximum absolute atomic E-state index is 12.6. The molecule has 2 aliphatic carbocycles. The number of hydrogen-bond acceptors (Lipinski definition) is 3. The van der Waals surface area contributed by atoms with E-state index in [2.05, 4.69) is 0 Å². The van der Waals surface area contributed by atoms with Crippen LogP contribution in [0.1, 0.15) is 46.4 Å². The van der Waals surface area contributed by atoms with Crippen LogP contribution < -0.4 is 5.73 Å². The number of nitrogens with zero attached hydrogens (tertiary/aromatic N) is 1. The van der Waals surface area contributed by atoms with Gasteiger partial charge in [0, 0.05) is 11.7 Å². The van der Waals surface area contributed by atoms with Crippen LogP contribution in [0.15, 0.2) is 18.2 Å². The van der Waals surface area contributed by atoms with Gasteiger partial charge in [0.1, 0.15) is 0 Å². The molecule has 4 nitrogen and oxygen atoms in total.